The molecule has 5 N–H and O–H groups in total. The number of rotatable bonds is 1. The SMILES string of the molecule is CC1(C)CC(N)CC(C)(NC(N)=O)C1. The van der Waals surface area contributed by atoms with Crippen LogP contribution in [0.2, 0.25) is 0 Å². The minimum atomic E-state index is -0.461. The van der Waals surface area contributed by atoms with Gasteiger partial charge in [-0.15, -0.1) is 0 Å². The number of carbonyl (C=O) groups excluding carboxylic acids is 1. The highest BCUT2D eigenvalue weighted by Crippen LogP contribution is 2.40. The molecule has 0 aromatic heterocycles. The molecule has 0 aromatic carbocycles. The van der Waals surface area contributed by atoms with Gasteiger partial charge in [-0.05, 0) is 31.6 Å². The van der Waals surface area contributed by atoms with Gasteiger partial charge >= 0.3 is 6.03 Å². The van der Waals surface area contributed by atoms with Crippen LogP contribution in [0.3, 0.4) is 0 Å². The fraction of sp³-hybridized carbons (Fsp3) is 0.900. The van der Waals surface area contributed by atoms with Gasteiger partial charge in [-0.3, -0.25) is 0 Å². The summed E-state index contributed by atoms with van der Waals surface area (Å²) in [6.07, 6.45) is 2.74. The molecule has 0 saturated heterocycles. The zero-order valence-electron chi connectivity index (χ0n) is 9.26. The van der Waals surface area contributed by atoms with Crippen LogP contribution < -0.4 is 16.8 Å². The van der Waals surface area contributed by atoms with Crippen molar-refractivity contribution in [3.05, 3.63) is 0 Å². The number of amides is 2. The highest BCUT2D eigenvalue weighted by atomic mass is 16.2. The van der Waals surface area contributed by atoms with Crippen LogP contribution in [0.15, 0.2) is 0 Å². The molecule has 0 bridgehead atoms. The second-order valence-corrected chi connectivity index (χ2v) is 5.56. The zero-order valence-corrected chi connectivity index (χ0v) is 9.26. The maximum absolute atomic E-state index is 10.9. The summed E-state index contributed by atoms with van der Waals surface area (Å²) in [4.78, 5) is 10.9. The van der Waals surface area contributed by atoms with Gasteiger partial charge in [0.15, 0.2) is 0 Å². The van der Waals surface area contributed by atoms with Crippen LogP contribution >= 0.6 is 0 Å². The summed E-state index contributed by atoms with van der Waals surface area (Å²) in [5, 5.41) is 2.80. The van der Waals surface area contributed by atoms with Crippen LogP contribution in [0.25, 0.3) is 0 Å². The Morgan fingerprint density at radius 3 is 2.36 bits per heavy atom. The molecule has 1 fully saturated rings. The molecule has 0 aliphatic heterocycles. The standard InChI is InChI=1S/C10H21N3O/c1-9(2)4-7(11)5-10(3,6-9)13-8(12)14/h7H,4-6,11H2,1-3H3,(H3,12,13,14). The average Bonchev–Trinajstić information content (AvgIpc) is 1.74. The van der Waals surface area contributed by atoms with Crippen molar-refractivity contribution in [3.8, 4) is 0 Å². The summed E-state index contributed by atoms with van der Waals surface area (Å²) >= 11 is 0. The largest absolute Gasteiger partial charge is 0.352 e. The lowest BCUT2D eigenvalue weighted by molar-refractivity contribution is 0.122. The maximum Gasteiger partial charge on any atom is 0.312 e. The van der Waals surface area contributed by atoms with Gasteiger partial charge in [-0.2, -0.15) is 0 Å². The molecule has 1 aliphatic carbocycles. The number of carbonyl (C=O) groups is 1. The van der Waals surface area contributed by atoms with Gasteiger partial charge in [0.05, 0.1) is 0 Å². The van der Waals surface area contributed by atoms with E-state index in [4.69, 9.17) is 11.5 Å². The number of hydrogen-bond donors (Lipinski definition) is 3. The first kappa shape index (κ1) is 11.3. The van der Waals surface area contributed by atoms with Gasteiger partial charge in [0.25, 0.3) is 0 Å². The van der Waals surface area contributed by atoms with Crippen LogP contribution in [-0.2, 0) is 0 Å². The number of hydrogen-bond acceptors (Lipinski definition) is 2. The van der Waals surface area contributed by atoms with Crippen molar-refractivity contribution in [2.24, 2.45) is 16.9 Å². The van der Waals surface area contributed by atoms with Gasteiger partial charge in [-0.25, -0.2) is 4.79 Å². The molecule has 0 spiro atoms. The minimum absolute atomic E-state index is 0.149. The normalized spacial score (nSPS) is 36.4. The summed E-state index contributed by atoms with van der Waals surface area (Å²) in [6.45, 7) is 6.36. The Kier molecular flexibility index (Phi) is 2.76. The third-order valence-corrected chi connectivity index (χ3v) is 2.82. The van der Waals surface area contributed by atoms with Gasteiger partial charge in [0, 0.05) is 11.6 Å². The molecule has 2 unspecified atom stereocenters. The lowest BCUT2D eigenvalue weighted by Gasteiger charge is -2.45. The van der Waals surface area contributed by atoms with Gasteiger partial charge in [0.1, 0.15) is 0 Å². The predicted molar refractivity (Wildman–Crippen MR) is 56.7 cm³/mol. The highest BCUT2D eigenvalue weighted by molar-refractivity contribution is 5.72. The van der Waals surface area contributed by atoms with Crippen molar-refractivity contribution in [1.82, 2.24) is 5.32 Å². The topological polar surface area (TPSA) is 81.1 Å². The van der Waals surface area contributed by atoms with Crippen molar-refractivity contribution >= 4 is 6.03 Å². The predicted octanol–water partition coefficient (Wildman–Crippen LogP) is 0.951. The summed E-state index contributed by atoms with van der Waals surface area (Å²) in [6, 6.07) is -0.312. The third-order valence-electron chi connectivity index (χ3n) is 2.82. The van der Waals surface area contributed by atoms with Gasteiger partial charge in [0.2, 0.25) is 0 Å². The fourth-order valence-corrected chi connectivity index (χ4v) is 2.95. The van der Waals surface area contributed by atoms with Crippen molar-refractivity contribution < 1.29 is 4.79 Å². The molecule has 0 aromatic rings. The van der Waals surface area contributed by atoms with Gasteiger partial charge in [-0.1, -0.05) is 13.8 Å². The molecular weight excluding hydrogens is 178 g/mol. The molecule has 2 atom stereocenters. The Bertz CT molecular complexity index is 240. The van der Waals surface area contributed by atoms with E-state index in [0.717, 1.165) is 19.3 Å². The molecule has 1 rings (SSSR count). The molecule has 2 amide bonds. The Morgan fingerprint density at radius 2 is 1.93 bits per heavy atom. The summed E-state index contributed by atoms with van der Waals surface area (Å²) in [5.74, 6) is 0. The van der Waals surface area contributed by atoms with E-state index in [1.165, 1.54) is 0 Å². The summed E-state index contributed by atoms with van der Waals surface area (Å²) < 4.78 is 0. The van der Waals surface area contributed by atoms with Crippen LogP contribution in [0.4, 0.5) is 4.79 Å². The monoisotopic (exact) mass is 199 g/mol. The second kappa shape index (κ2) is 3.42. The Hall–Kier alpha value is -0.770. The van der Waals surface area contributed by atoms with E-state index in [9.17, 15) is 4.79 Å². The van der Waals surface area contributed by atoms with E-state index in [2.05, 4.69) is 19.2 Å². The molecule has 0 radical (unpaired) electrons. The molecular formula is C10H21N3O. The molecule has 4 heteroatoms. The number of urea groups is 1. The molecule has 0 heterocycles. The summed E-state index contributed by atoms with van der Waals surface area (Å²) in [7, 11) is 0. The van der Waals surface area contributed by atoms with E-state index in [1.807, 2.05) is 6.92 Å². The lowest BCUT2D eigenvalue weighted by Crippen LogP contribution is -2.57. The van der Waals surface area contributed by atoms with E-state index >= 15 is 0 Å². The molecule has 1 saturated carbocycles. The average molecular weight is 199 g/mol. The van der Waals surface area contributed by atoms with Crippen LogP contribution in [0.1, 0.15) is 40.0 Å². The van der Waals surface area contributed by atoms with E-state index in [0.29, 0.717) is 0 Å². The van der Waals surface area contributed by atoms with Crippen molar-refractivity contribution in [3.63, 3.8) is 0 Å². The van der Waals surface area contributed by atoms with Crippen LogP contribution in [-0.4, -0.2) is 17.6 Å². The number of nitrogens with two attached hydrogens (primary N) is 2. The first-order chi connectivity index (χ1) is 6.22. The number of nitrogens with one attached hydrogen (secondary N) is 1. The first-order valence-electron chi connectivity index (χ1n) is 5.06. The smallest absolute Gasteiger partial charge is 0.312 e. The minimum Gasteiger partial charge on any atom is -0.352 e. The second-order valence-electron chi connectivity index (χ2n) is 5.56. The Morgan fingerprint density at radius 1 is 1.36 bits per heavy atom. The molecule has 1 aliphatic rings. The molecule has 14 heavy (non-hydrogen) atoms. The van der Waals surface area contributed by atoms with Gasteiger partial charge < -0.3 is 16.8 Å². The quantitative estimate of drug-likeness (QED) is 0.587. The fourth-order valence-electron chi connectivity index (χ4n) is 2.95. The molecule has 4 nitrogen and oxygen atoms in total. The molecule has 82 valence electrons. The number of primary amides is 1. The van der Waals surface area contributed by atoms with E-state index < -0.39 is 6.03 Å². The first-order valence-corrected chi connectivity index (χ1v) is 5.06. The Balaban J connectivity index is 2.73. The van der Waals surface area contributed by atoms with Crippen molar-refractivity contribution in [1.29, 1.82) is 0 Å². The highest BCUT2D eigenvalue weighted by Gasteiger charge is 2.40. The maximum atomic E-state index is 10.9. The Labute approximate surface area is 85.4 Å². The summed E-state index contributed by atoms with van der Waals surface area (Å²) in [5.41, 5.74) is 11.1. The van der Waals surface area contributed by atoms with E-state index in [-0.39, 0.29) is 17.0 Å². The van der Waals surface area contributed by atoms with Crippen LogP contribution in [0, 0.1) is 5.41 Å². The van der Waals surface area contributed by atoms with Crippen molar-refractivity contribution in [2.75, 3.05) is 0 Å². The van der Waals surface area contributed by atoms with Crippen LogP contribution in [0.5, 0.6) is 0 Å². The lowest BCUT2D eigenvalue weighted by atomic mass is 9.67. The third kappa shape index (κ3) is 2.87. The zero-order chi connectivity index (χ0) is 11.0. The van der Waals surface area contributed by atoms with Crippen molar-refractivity contribution in [2.45, 2.75) is 51.6 Å². The van der Waals surface area contributed by atoms with E-state index in [1.54, 1.807) is 0 Å².